The summed E-state index contributed by atoms with van der Waals surface area (Å²) in [6, 6.07) is 13.3. The number of carbonyl (C=O) groups is 1. The second-order valence-corrected chi connectivity index (χ2v) is 7.57. The van der Waals surface area contributed by atoms with Crippen molar-refractivity contribution >= 4 is 50.5 Å². The van der Waals surface area contributed by atoms with Gasteiger partial charge in [-0.15, -0.1) is 0 Å². The number of thioether (sulfide) groups is 1. The van der Waals surface area contributed by atoms with Crippen LogP contribution in [0.5, 0.6) is 11.5 Å². The Hall–Kier alpha value is -2.25. The van der Waals surface area contributed by atoms with E-state index in [0.717, 1.165) is 27.9 Å². The minimum absolute atomic E-state index is 0.159. The lowest BCUT2D eigenvalue weighted by Gasteiger charge is -2.07. The van der Waals surface area contributed by atoms with Crippen molar-refractivity contribution in [3.8, 4) is 11.5 Å². The molecule has 0 aliphatic carbocycles. The Balaban J connectivity index is 1.58. The number of para-hydroxylation sites is 1. The molecule has 0 radical (unpaired) electrons. The zero-order valence-electron chi connectivity index (χ0n) is 13.7. The van der Waals surface area contributed by atoms with Gasteiger partial charge in [0.2, 0.25) is 0 Å². The predicted molar refractivity (Wildman–Crippen MR) is 107 cm³/mol. The summed E-state index contributed by atoms with van der Waals surface area (Å²) in [7, 11) is 0. The average molecular weight is 431 g/mol. The number of carbonyl (C=O) groups excluding carboxylic acids is 1. The average Bonchev–Trinajstić information content (AvgIpc) is 2.83. The van der Waals surface area contributed by atoms with Gasteiger partial charge in [-0.2, -0.15) is 0 Å². The number of amidine groups is 1. The molecule has 2 aromatic carbocycles. The molecule has 2 aliphatic rings. The maximum absolute atomic E-state index is 12.3. The summed E-state index contributed by atoms with van der Waals surface area (Å²) in [4.78, 5) is 17.3. The van der Waals surface area contributed by atoms with Gasteiger partial charge < -0.3 is 14.8 Å². The maximum atomic E-state index is 12.3. The fourth-order valence-electron chi connectivity index (χ4n) is 2.55. The number of nitrogens with one attached hydrogen (secondary N) is 1. The first-order valence-corrected chi connectivity index (χ1v) is 9.74. The van der Waals surface area contributed by atoms with Gasteiger partial charge in [-0.1, -0.05) is 18.2 Å². The van der Waals surface area contributed by atoms with Gasteiger partial charge in [-0.3, -0.25) is 4.79 Å². The number of aliphatic imine (C=N–C) groups is 1. The number of ether oxygens (including phenoxy) is 2. The van der Waals surface area contributed by atoms with Crippen molar-refractivity contribution in [2.24, 2.45) is 4.99 Å². The van der Waals surface area contributed by atoms with Crippen molar-refractivity contribution in [3.05, 3.63) is 57.4 Å². The normalized spacial score (nSPS) is 19.5. The van der Waals surface area contributed by atoms with Crippen molar-refractivity contribution < 1.29 is 14.3 Å². The number of nitrogens with zero attached hydrogens (tertiary/aromatic N) is 1. The molecule has 2 aliphatic heterocycles. The van der Waals surface area contributed by atoms with Crippen molar-refractivity contribution in [2.75, 3.05) is 13.2 Å². The maximum Gasteiger partial charge on any atom is 0.264 e. The lowest BCUT2D eigenvalue weighted by molar-refractivity contribution is -0.115. The van der Waals surface area contributed by atoms with Gasteiger partial charge in [0.1, 0.15) is 0 Å². The number of hydrogen-bond acceptors (Lipinski definition) is 5. The van der Waals surface area contributed by atoms with Gasteiger partial charge in [0.15, 0.2) is 16.7 Å². The Morgan fingerprint density at radius 1 is 1.12 bits per heavy atom. The van der Waals surface area contributed by atoms with Crippen LogP contribution in [0.15, 0.2) is 56.8 Å². The van der Waals surface area contributed by atoms with E-state index >= 15 is 0 Å². The fraction of sp³-hybridized carbons (Fsp3) is 0.158. The molecule has 0 saturated carbocycles. The topological polar surface area (TPSA) is 59.9 Å². The molecule has 0 aromatic heterocycles. The highest BCUT2D eigenvalue weighted by Gasteiger charge is 2.24. The Kier molecular flexibility index (Phi) is 4.99. The van der Waals surface area contributed by atoms with Crippen molar-refractivity contribution in [3.63, 3.8) is 0 Å². The third kappa shape index (κ3) is 3.78. The van der Waals surface area contributed by atoms with Crippen molar-refractivity contribution in [1.29, 1.82) is 0 Å². The van der Waals surface area contributed by atoms with Crippen LogP contribution >= 0.6 is 27.7 Å². The zero-order valence-corrected chi connectivity index (χ0v) is 16.1. The van der Waals surface area contributed by atoms with E-state index in [1.54, 1.807) is 0 Å². The van der Waals surface area contributed by atoms with E-state index in [1.807, 2.05) is 48.5 Å². The molecule has 1 saturated heterocycles. The van der Waals surface area contributed by atoms with Crippen LogP contribution < -0.4 is 14.8 Å². The molecule has 5 nitrogen and oxygen atoms in total. The standard InChI is InChI=1S/C19H15BrN2O3S/c20-13-4-1-2-5-14(13)21-19-22-18(23)17(26-19)11-12-6-7-15-16(10-12)25-9-3-8-24-15/h1-2,4-7,10-11H,3,8-9H2,(H,21,22,23). The summed E-state index contributed by atoms with van der Waals surface area (Å²) in [6.07, 6.45) is 2.69. The molecule has 0 bridgehead atoms. The van der Waals surface area contributed by atoms with Gasteiger partial charge in [-0.25, -0.2) is 4.99 Å². The monoisotopic (exact) mass is 430 g/mol. The molecule has 0 spiro atoms. The van der Waals surface area contributed by atoms with E-state index in [9.17, 15) is 4.79 Å². The summed E-state index contributed by atoms with van der Waals surface area (Å²) in [5, 5.41) is 3.36. The summed E-state index contributed by atoms with van der Waals surface area (Å²) >= 11 is 4.78. The van der Waals surface area contributed by atoms with E-state index in [-0.39, 0.29) is 5.91 Å². The fourth-order valence-corrected chi connectivity index (χ4v) is 3.76. The van der Waals surface area contributed by atoms with Gasteiger partial charge in [0.05, 0.1) is 23.8 Å². The highest BCUT2D eigenvalue weighted by atomic mass is 79.9. The summed E-state index contributed by atoms with van der Waals surface area (Å²) in [6.45, 7) is 1.28. The summed E-state index contributed by atoms with van der Waals surface area (Å²) in [5.41, 5.74) is 1.65. The molecule has 1 fully saturated rings. The highest BCUT2D eigenvalue weighted by Crippen LogP contribution is 2.34. The molecule has 7 heteroatoms. The second kappa shape index (κ2) is 7.55. The Morgan fingerprint density at radius 3 is 2.77 bits per heavy atom. The van der Waals surface area contributed by atoms with Crippen LogP contribution in [0.3, 0.4) is 0 Å². The van der Waals surface area contributed by atoms with E-state index in [4.69, 9.17) is 9.47 Å². The molecular formula is C19H15BrN2O3S. The van der Waals surface area contributed by atoms with Crippen molar-refractivity contribution in [2.45, 2.75) is 6.42 Å². The lowest BCUT2D eigenvalue weighted by atomic mass is 10.2. The first-order chi connectivity index (χ1) is 12.7. The predicted octanol–water partition coefficient (Wildman–Crippen LogP) is 4.50. The van der Waals surface area contributed by atoms with Crippen LogP contribution in [-0.2, 0) is 4.79 Å². The Morgan fingerprint density at radius 2 is 1.92 bits per heavy atom. The molecule has 1 N–H and O–H groups in total. The summed E-state index contributed by atoms with van der Waals surface area (Å²) < 4.78 is 12.2. The zero-order chi connectivity index (χ0) is 17.9. The van der Waals surface area contributed by atoms with Crippen LogP contribution in [0.4, 0.5) is 5.69 Å². The molecule has 26 heavy (non-hydrogen) atoms. The van der Waals surface area contributed by atoms with Gasteiger partial charge in [-0.05, 0) is 63.6 Å². The minimum atomic E-state index is -0.159. The number of benzene rings is 2. The van der Waals surface area contributed by atoms with Gasteiger partial charge in [0, 0.05) is 10.9 Å². The first-order valence-electron chi connectivity index (χ1n) is 8.13. The van der Waals surface area contributed by atoms with Crippen LogP contribution in [0.25, 0.3) is 6.08 Å². The van der Waals surface area contributed by atoms with Crippen LogP contribution in [0.1, 0.15) is 12.0 Å². The highest BCUT2D eigenvalue weighted by molar-refractivity contribution is 9.10. The SMILES string of the molecule is O=C1NC(=Nc2ccccc2Br)SC1=Cc1ccc2c(c1)OCCCO2. The summed E-state index contributed by atoms with van der Waals surface area (Å²) in [5.74, 6) is 1.29. The number of amides is 1. The van der Waals surface area contributed by atoms with Crippen LogP contribution in [0.2, 0.25) is 0 Å². The molecule has 2 aromatic rings. The molecule has 0 unspecified atom stereocenters. The number of fused-ring (bicyclic) bond motifs is 1. The minimum Gasteiger partial charge on any atom is -0.490 e. The molecular weight excluding hydrogens is 416 g/mol. The molecule has 4 rings (SSSR count). The third-order valence-corrected chi connectivity index (χ3v) is 5.38. The van der Waals surface area contributed by atoms with Crippen LogP contribution in [0, 0.1) is 0 Å². The quantitative estimate of drug-likeness (QED) is 0.712. The van der Waals surface area contributed by atoms with Gasteiger partial charge in [0.25, 0.3) is 5.91 Å². The smallest absolute Gasteiger partial charge is 0.264 e. The second-order valence-electron chi connectivity index (χ2n) is 5.69. The van der Waals surface area contributed by atoms with Crippen LogP contribution in [-0.4, -0.2) is 24.3 Å². The third-order valence-electron chi connectivity index (χ3n) is 3.79. The van der Waals surface area contributed by atoms with E-state index in [2.05, 4.69) is 26.2 Å². The molecule has 132 valence electrons. The Labute approximate surface area is 163 Å². The lowest BCUT2D eigenvalue weighted by Crippen LogP contribution is -2.19. The van der Waals surface area contributed by atoms with Gasteiger partial charge >= 0.3 is 0 Å². The first kappa shape index (κ1) is 17.2. The number of halogens is 1. The van der Waals surface area contributed by atoms with Crippen molar-refractivity contribution in [1.82, 2.24) is 5.32 Å². The van der Waals surface area contributed by atoms with E-state index in [1.165, 1.54) is 11.8 Å². The van der Waals surface area contributed by atoms with E-state index < -0.39 is 0 Å². The largest absolute Gasteiger partial charge is 0.490 e. The molecule has 0 atom stereocenters. The molecule has 1 amide bonds. The number of hydrogen-bond donors (Lipinski definition) is 1. The Bertz CT molecular complexity index is 927. The number of rotatable bonds is 2. The molecule has 2 heterocycles. The van der Waals surface area contributed by atoms with E-state index in [0.29, 0.717) is 29.0 Å².